The number of anilines is 1. The summed E-state index contributed by atoms with van der Waals surface area (Å²) in [6.45, 7) is 6.77. The average Bonchev–Trinajstić information content (AvgIpc) is 2.98. The van der Waals surface area contributed by atoms with Crippen molar-refractivity contribution < 1.29 is 9.59 Å². The number of halogens is 2. The molecular formula is C22H28Cl2N4O2. The van der Waals surface area contributed by atoms with Gasteiger partial charge in [-0.2, -0.15) is 0 Å². The number of carbonyl (C=O) groups excluding carboxylic acids is 2. The lowest BCUT2D eigenvalue weighted by molar-refractivity contribution is -0.114. The Bertz CT molecular complexity index is 885. The molecular weight excluding hydrogens is 423 g/mol. The van der Waals surface area contributed by atoms with Gasteiger partial charge >= 0.3 is 0 Å². The van der Waals surface area contributed by atoms with E-state index in [1.54, 1.807) is 17.0 Å². The minimum Gasteiger partial charge on any atom is -0.326 e. The van der Waals surface area contributed by atoms with Crippen molar-refractivity contribution in [1.29, 1.82) is 0 Å². The molecule has 2 aromatic rings. The summed E-state index contributed by atoms with van der Waals surface area (Å²) in [6, 6.07) is 15.7. The fraction of sp³-hybridized carbons (Fsp3) is 0.364. The molecule has 162 valence electrons. The van der Waals surface area contributed by atoms with Gasteiger partial charge in [0.05, 0.1) is 11.3 Å². The number of para-hydroxylation sites is 1. The second kappa shape index (κ2) is 10.9. The van der Waals surface area contributed by atoms with Gasteiger partial charge in [0.1, 0.15) is 0 Å². The van der Waals surface area contributed by atoms with Crippen molar-refractivity contribution in [2.24, 2.45) is 5.73 Å². The molecule has 2 N–H and O–H groups in total. The molecule has 1 amide bonds. The van der Waals surface area contributed by atoms with Crippen LogP contribution in [0.15, 0.2) is 48.5 Å². The maximum Gasteiger partial charge on any atom is 0.299 e. The SMILES string of the molecule is Cl.Cl.NCc1cccc(CN2CCN(CCN3C(=O)C(=O)c4ccccc43)CC2)c1. The zero-order valence-corrected chi connectivity index (χ0v) is 18.5. The topological polar surface area (TPSA) is 69.9 Å². The van der Waals surface area contributed by atoms with E-state index in [1.807, 2.05) is 12.1 Å². The van der Waals surface area contributed by atoms with Crippen molar-refractivity contribution in [2.75, 3.05) is 44.2 Å². The molecule has 1 saturated heterocycles. The van der Waals surface area contributed by atoms with Crippen molar-refractivity contribution in [1.82, 2.24) is 9.80 Å². The third-order valence-corrected chi connectivity index (χ3v) is 5.62. The number of fused-ring (bicyclic) bond motifs is 1. The maximum absolute atomic E-state index is 12.3. The predicted molar refractivity (Wildman–Crippen MR) is 124 cm³/mol. The Kier molecular flexibility index (Phi) is 8.82. The van der Waals surface area contributed by atoms with E-state index < -0.39 is 5.91 Å². The number of piperazine rings is 1. The molecule has 0 aliphatic carbocycles. The number of hydrogen-bond acceptors (Lipinski definition) is 5. The Labute approximate surface area is 189 Å². The smallest absolute Gasteiger partial charge is 0.299 e. The fourth-order valence-corrected chi connectivity index (χ4v) is 4.00. The molecule has 8 heteroatoms. The third kappa shape index (κ3) is 5.20. The second-order valence-electron chi connectivity index (χ2n) is 7.44. The lowest BCUT2D eigenvalue weighted by atomic mass is 10.1. The quantitative estimate of drug-likeness (QED) is 0.683. The first-order valence-corrected chi connectivity index (χ1v) is 9.83. The van der Waals surface area contributed by atoms with Gasteiger partial charge in [-0.3, -0.25) is 19.4 Å². The molecule has 0 saturated carbocycles. The summed E-state index contributed by atoms with van der Waals surface area (Å²) in [5.41, 5.74) is 9.47. The van der Waals surface area contributed by atoms with E-state index in [9.17, 15) is 9.59 Å². The third-order valence-electron chi connectivity index (χ3n) is 5.62. The van der Waals surface area contributed by atoms with E-state index in [1.165, 1.54) is 11.1 Å². The van der Waals surface area contributed by atoms with Crippen molar-refractivity contribution >= 4 is 42.2 Å². The second-order valence-corrected chi connectivity index (χ2v) is 7.44. The summed E-state index contributed by atoms with van der Waals surface area (Å²) in [4.78, 5) is 30.8. The maximum atomic E-state index is 12.3. The number of Topliss-reactive ketones (excluding diaryl/α,β-unsaturated/α-hetero) is 1. The van der Waals surface area contributed by atoms with Crippen LogP contribution >= 0.6 is 24.8 Å². The van der Waals surface area contributed by atoms with Crippen LogP contribution in [0, 0.1) is 0 Å². The highest BCUT2D eigenvalue weighted by Gasteiger charge is 2.35. The molecule has 6 nitrogen and oxygen atoms in total. The molecule has 0 bridgehead atoms. The number of ketones is 1. The molecule has 0 aromatic heterocycles. The van der Waals surface area contributed by atoms with Gasteiger partial charge in [-0.25, -0.2) is 0 Å². The van der Waals surface area contributed by atoms with Gasteiger partial charge in [-0.1, -0.05) is 36.4 Å². The first kappa shape index (κ1) is 24.3. The number of carbonyl (C=O) groups is 2. The molecule has 2 aromatic carbocycles. The van der Waals surface area contributed by atoms with E-state index in [0.717, 1.165) is 45.0 Å². The Balaban J connectivity index is 0.00000160. The lowest BCUT2D eigenvalue weighted by Crippen LogP contribution is -2.48. The number of nitrogens with two attached hydrogens (primary N) is 1. The first-order valence-electron chi connectivity index (χ1n) is 9.83. The summed E-state index contributed by atoms with van der Waals surface area (Å²) >= 11 is 0. The van der Waals surface area contributed by atoms with E-state index in [2.05, 4.69) is 34.1 Å². The normalized spacial score (nSPS) is 16.8. The van der Waals surface area contributed by atoms with Crippen LogP contribution in [0.1, 0.15) is 21.5 Å². The highest BCUT2D eigenvalue weighted by atomic mass is 35.5. The first-order chi connectivity index (χ1) is 13.7. The molecule has 2 aliphatic rings. The molecule has 2 heterocycles. The summed E-state index contributed by atoms with van der Waals surface area (Å²) in [6.07, 6.45) is 0. The Morgan fingerprint density at radius 1 is 0.800 bits per heavy atom. The van der Waals surface area contributed by atoms with Crippen molar-refractivity contribution in [3.05, 3.63) is 65.2 Å². The van der Waals surface area contributed by atoms with Crippen molar-refractivity contribution in [3.8, 4) is 0 Å². The Morgan fingerprint density at radius 2 is 1.47 bits per heavy atom. The van der Waals surface area contributed by atoms with Gasteiger partial charge in [0.2, 0.25) is 0 Å². The Morgan fingerprint density at radius 3 is 2.20 bits per heavy atom. The highest BCUT2D eigenvalue weighted by molar-refractivity contribution is 6.52. The molecule has 30 heavy (non-hydrogen) atoms. The van der Waals surface area contributed by atoms with E-state index >= 15 is 0 Å². The number of hydrogen-bond donors (Lipinski definition) is 1. The molecule has 2 aliphatic heterocycles. The molecule has 0 radical (unpaired) electrons. The average molecular weight is 451 g/mol. The van der Waals surface area contributed by atoms with Gasteiger partial charge < -0.3 is 10.6 Å². The minimum absolute atomic E-state index is 0. The Hall–Kier alpha value is -1.96. The number of rotatable bonds is 6. The van der Waals surface area contributed by atoms with Crippen LogP contribution in [-0.2, 0) is 17.9 Å². The molecule has 4 rings (SSSR count). The van der Waals surface area contributed by atoms with Crippen LogP contribution in [0.4, 0.5) is 5.69 Å². The zero-order valence-electron chi connectivity index (χ0n) is 16.8. The lowest BCUT2D eigenvalue weighted by Gasteiger charge is -2.35. The van der Waals surface area contributed by atoms with Crippen LogP contribution in [-0.4, -0.2) is 60.8 Å². The highest BCUT2D eigenvalue weighted by Crippen LogP contribution is 2.28. The number of nitrogens with zero attached hydrogens (tertiary/aromatic N) is 3. The summed E-state index contributed by atoms with van der Waals surface area (Å²) in [5, 5.41) is 0. The van der Waals surface area contributed by atoms with E-state index in [0.29, 0.717) is 18.7 Å². The van der Waals surface area contributed by atoms with Crippen LogP contribution in [0.3, 0.4) is 0 Å². The van der Waals surface area contributed by atoms with Crippen molar-refractivity contribution in [3.63, 3.8) is 0 Å². The summed E-state index contributed by atoms with van der Waals surface area (Å²) in [5.74, 6) is -0.792. The number of benzene rings is 2. The fourth-order valence-electron chi connectivity index (χ4n) is 4.00. The molecule has 0 atom stereocenters. The minimum atomic E-state index is -0.403. The zero-order chi connectivity index (χ0) is 19.5. The molecule has 0 unspecified atom stereocenters. The van der Waals surface area contributed by atoms with Crippen LogP contribution < -0.4 is 10.6 Å². The van der Waals surface area contributed by atoms with Gasteiger partial charge in [0.15, 0.2) is 0 Å². The van der Waals surface area contributed by atoms with Crippen LogP contribution in [0.5, 0.6) is 0 Å². The largest absolute Gasteiger partial charge is 0.326 e. The van der Waals surface area contributed by atoms with Gasteiger partial charge in [-0.15, -0.1) is 24.8 Å². The van der Waals surface area contributed by atoms with Crippen LogP contribution in [0.25, 0.3) is 0 Å². The molecule has 1 fully saturated rings. The van der Waals surface area contributed by atoms with E-state index in [-0.39, 0.29) is 30.6 Å². The predicted octanol–water partition coefficient (Wildman–Crippen LogP) is 2.34. The van der Waals surface area contributed by atoms with Gasteiger partial charge in [0, 0.05) is 52.4 Å². The van der Waals surface area contributed by atoms with Gasteiger partial charge in [0.25, 0.3) is 11.7 Å². The summed E-state index contributed by atoms with van der Waals surface area (Å²) < 4.78 is 0. The number of amides is 1. The monoisotopic (exact) mass is 450 g/mol. The van der Waals surface area contributed by atoms with Crippen molar-refractivity contribution in [2.45, 2.75) is 13.1 Å². The van der Waals surface area contributed by atoms with Gasteiger partial charge in [-0.05, 0) is 23.3 Å². The van der Waals surface area contributed by atoms with E-state index in [4.69, 9.17) is 5.73 Å². The summed E-state index contributed by atoms with van der Waals surface area (Å²) in [7, 11) is 0. The van der Waals surface area contributed by atoms with Crippen LogP contribution in [0.2, 0.25) is 0 Å². The standard InChI is InChI=1S/C22H26N4O2.2ClH/c23-15-17-4-3-5-18(14-17)16-25-10-8-24(9-11-25)12-13-26-20-7-2-1-6-19(20)21(27)22(26)28;;/h1-7,14H,8-13,15-16,23H2;2*1H. The molecule has 0 spiro atoms.